The summed E-state index contributed by atoms with van der Waals surface area (Å²) in [5, 5.41) is 3.41. The Hall–Kier alpha value is -1.73. The first-order chi connectivity index (χ1) is 10.6. The van der Waals surface area contributed by atoms with Gasteiger partial charge in [-0.1, -0.05) is 0 Å². The number of anilines is 2. The van der Waals surface area contributed by atoms with E-state index < -0.39 is 0 Å². The molecular weight excluding hydrogens is 272 g/mol. The van der Waals surface area contributed by atoms with Gasteiger partial charge in [0.15, 0.2) is 0 Å². The van der Waals surface area contributed by atoms with Crippen molar-refractivity contribution < 1.29 is 0 Å². The maximum Gasteiger partial charge on any atom is 0.305 e. The Morgan fingerprint density at radius 2 is 1.86 bits per heavy atom. The molecule has 0 spiro atoms. The first-order valence-corrected chi connectivity index (χ1v) is 8.30. The zero-order valence-electron chi connectivity index (χ0n) is 13.7. The van der Waals surface area contributed by atoms with Crippen molar-refractivity contribution in [1.29, 1.82) is 0 Å². The molecule has 118 valence electrons. The van der Waals surface area contributed by atoms with Crippen LogP contribution in [0.15, 0.2) is 24.3 Å². The summed E-state index contributed by atoms with van der Waals surface area (Å²) in [6, 6.07) is 9.22. The predicted molar refractivity (Wildman–Crippen MR) is 92.2 cm³/mol. The second kappa shape index (κ2) is 6.18. The van der Waals surface area contributed by atoms with Crippen LogP contribution in [0.2, 0.25) is 0 Å². The molecule has 4 heteroatoms. The van der Waals surface area contributed by atoms with E-state index in [9.17, 15) is 0 Å². The van der Waals surface area contributed by atoms with Crippen LogP contribution in [0.5, 0.6) is 0 Å². The zero-order chi connectivity index (χ0) is 15.6. The van der Waals surface area contributed by atoms with Crippen molar-refractivity contribution in [2.45, 2.75) is 43.8 Å². The van der Waals surface area contributed by atoms with E-state index in [4.69, 9.17) is 6.57 Å². The van der Waals surface area contributed by atoms with Gasteiger partial charge >= 0.3 is 5.66 Å². The van der Waals surface area contributed by atoms with Crippen LogP contribution in [0.4, 0.5) is 11.4 Å². The molecule has 0 amide bonds. The topological polar surface area (TPSA) is 22.9 Å². The highest BCUT2D eigenvalue weighted by Crippen LogP contribution is 2.37. The van der Waals surface area contributed by atoms with E-state index >= 15 is 0 Å². The summed E-state index contributed by atoms with van der Waals surface area (Å²) >= 11 is 0. The van der Waals surface area contributed by atoms with E-state index in [-0.39, 0.29) is 5.66 Å². The third-order valence-corrected chi connectivity index (χ3v) is 5.28. The van der Waals surface area contributed by atoms with Gasteiger partial charge in [-0.15, -0.1) is 0 Å². The lowest BCUT2D eigenvalue weighted by atomic mass is 9.85. The van der Waals surface area contributed by atoms with Crippen LogP contribution in [-0.4, -0.2) is 43.8 Å². The molecule has 3 rings (SSSR count). The fraction of sp³-hybridized carbons (Fsp3) is 0.611. The SMILES string of the molecule is [C-]#[N+]C1(Nc2ccc(N(C)C3CCN(C)CC3)cc2)CCC1. The second-order valence-corrected chi connectivity index (χ2v) is 6.81. The summed E-state index contributed by atoms with van der Waals surface area (Å²) < 4.78 is 0. The molecule has 1 aromatic carbocycles. The molecule has 0 aromatic heterocycles. The minimum absolute atomic E-state index is 0.332. The van der Waals surface area contributed by atoms with Crippen LogP contribution in [0.25, 0.3) is 4.85 Å². The Kier molecular flexibility index (Phi) is 4.26. The molecule has 0 atom stereocenters. The number of benzene rings is 1. The second-order valence-electron chi connectivity index (χ2n) is 6.81. The van der Waals surface area contributed by atoms with Gasteiger partial charge in [0.1, 0.15) is 0 Å². The summed E-state index contributed by atoms with van der Waals surface area (Å²) in [5.41, 5.74) is 2.00. The van der Waals surface area contributed by atoms with E-state index in [1.54, 1.807) is 0 Å². The van der Waals surface area contributed by atoms with E-state index in [0.717, 1.165) is 24.9 Å². The number of nitrogens with zero attached hydrogens (tertiary/aromatic N) is 3. The van der Waals surface area contributed by atoms with Crippen LogP contribution in [-0.2, 0) is 0 Å². The highest BCUT2D eigenvalue weighted by Gasteiger charge is 2.43. The number of hydrogen-bond acceptors (Lipinski definition) is 3. The fourth-order valence-electron chi connectivity index (χ4n) is 3.42. The van der Waals surface area contributed by atoms with E-state index in [0.29, 0.717) is 6.04 Å². The summed E-state index contributed by atoms with van der Waals surface area (Å²) in [7, 11) is 4.40. The van der Waals surface area contributed by atoms with Crippen LogP contribution >= 0.6 is 0 Å². The van der Waals surface area contributed by atoms with Crippen LogP contribution in [0.1, 0.15) is 32.1 Å². The molecule has 0 unspecified atom stereocenters. The normalized spacial score (nSPS) is 21.7. The maximum absolute atomic E-state index is 7.37. The van der Waals surface area contributed by atoms with Gasteiger partial charge in [0.05, 0.1) is 0 Å². The highest BCUT2D eigenvalue weighted by molar-refractivity contribution is 5.56. The zero-order valence-corrected chi connectivity index (χ0v) is 13.7. The summed E-state index contributed by atoms with van der Waals surface area (Å²) in [6.45, 7) is 9.73. The number of hydrogen-bond donors (Lipinski definition) is 1. The molecule has 1 aliphatic carbocycles. The highest BCUT2D eigenvalue weighted by atomic mass is 15.2. The van der Waals surface area contributed by atoms with Gasteiger partial charge in [0.25, 0.3) is 0 Å². The summed E-state index contributed by atoms with van der Waals surface area (Å²) in [5.74, 6) is 0. The molecule has 1 heterocycles. The first-order valence-electron chi connectivity index (χ1n) is 8.30. The average Bonchev–Trinajstić information content (AvgIpc) is 2.52. The van der Waals surface area contributed by atoms with Crippen molar-refractivity contribution in [3.63, 3.8) is 0 Å². The van der Waals surface area contributed by atoms with Crippen LogP contribution < -0.4 is 10.2 Å². The molecule has 0 bridgehead atoms. The standard InChI is InChI=1S/C18H26N4/c1-19-18(11-4-12-18)20-15-5-7-16(8-6-15)22(3)17-9-13-21(2)14-10-17/h5-8,17,20H,4,9-14H2,2-3H3. The van der Waals surface area contributed by atoms with Crippen molar-refractivity contribution >= 4 is 11.4 Å². The molecular formula is C18H26N4. The lowest BCUT2D eigenvalue weighted by Gasteiger charge is -2.36. The predicted octanol–water partition coefficient (Wildman–Crippen LogP) is 3.43. The molecule has 0 radical (unpaired) electrons. The molecule has 2 fully saturated rings. The first kappa shape index (κ1) is 15.2. The third kappa shape index (κ3) is 3.05. The fourth-order valence-corrected chi connectivity index (χ4v) is 3.42. The monoisotopic (exact) mass is 298 g/mol. The molecule has 1 aromatic rings. The van der Waals surface area contributed by atoms with Gasteiger partial charge in [-0.3, -0.25) is 4.85 Å². The Morgan fingerprint density at radius 3 is 2.36 bits per heavy atom. The van der Waals surface area contributed by atoms with Gasteiger partial charge in [-0.2, -0.15) is 0 Å². The van der Waals surface area contributed by atoms with Gasteiger partial charge in [0, 0.05) is 37.3 Å². The van der Waals surface area contributed by atoms with E-state index in [1.165, 1.54) is 31.6 Å². The van der Waals surface area contributed by atoms with E-state index in [2.05, 4.69) is 58.3 Å². The van der Waals surface area contributed by atoms with Crippen LogP contribution in [0, 0.1) is 6.57 Å². The average molecular weight is 298 g/mol. The molecule has 1 saturated heterocycles. The quantitative estimate of drug-likeness (QED) is 0.861. The van der Waals surface area contributed by atoms with Gasteiger partial charge in [0.2, 0.25) is 0 Å². The molecule has 1 saturated carbocycles. The number of likely N-dealkylation sites (tertiary alicyclic amines) is 1. The Morgan fingerprint density at radius 1 is 1.23 bits per heavy atom. The third-order valence-electron chi connectivity index (χ3n) is 5.28. The van der Waals surface area contributed by atoms with E-state index in [1.807, 2.05) is 0 Å². The minimum atomic E-state index is -0.332. The smallest absolute Gasteiger partial charge is 0.305 e. The van der Waals surface area contributed by atoms with Crippen molar-refractivity contribution in [2.75, 3.05) is 37.4 Å². The van der Waals surface area contributed by atoms with Crippen LogP contribution in [0.3, 0.4) is 0 Å². The van der Waals surface area contributed by atoms with Crippen molar-refractivity contribution in [3.8, 4) is 0 Å². The Balaban J connectivity index is 1.62. The lowest BCUT2D eigenvalue weighted by Crippen LogP contribution is -2.42. The van der Waals surface area contributed by atoms with Gasteiger partial charge in [-0.05, 0) is 63.7 Å². The van der Waals surface area contributed by atoms with Gasteiger partial charge < -0.3 is 15.1 Å². The molecule has 4 nitrogen and oxygen atoms in total. The largest absolute Gasteiger partial charge is 0.372 e. The Labute approximate surface area is 133 Å². The molecule has 1 N–H and O–H groups in total. The molecule has 2 aliphatic rings. The minimum Gasteiger partial charge on any atom is -0.372 e. The number of nitrogens with one attached hydrogen (secondary N) is 1. The van der Waals surface area contributed by atoms with Crippen molar-refractivity contribution in [2.24, 2.45) is 0 Å². The summed E-state index contributed by atoms with van der Waals surface area (Å²) in [4.78, 5) is 8.59. The lowest BCUT2D eigenvalue weighted by molar-refractivity contribution is 0.253. The van der Waals surface area contributed by atoms with Crippen molar-refractivity contribution in [1.82, 2.24) is 4.90 Å². The Bertz CT molecular complexity index is 533. The van der Waals surface area contributed by atoms with Gasteiger partial charge in [-0.25, -0.2) is 6.57 Å². The molecule has 1 aliphatic heterocycles. The number of rotatable bonds is 4. The molecule has 22 heavy (non-hydrogen) atoms. The number of piperidine rings is 1. The summed E-state index contributed by atoms with van der Waals surface area (Å²) in [6.07, 6.45) is 5.55. The van der Waals surface area contributed by atoms with Crippen molar-refractivity contribution in [3.05, 3.63) is 35.7 Å². The maximum atomic E-state index is 7.37.